The Labute approximate surface area is 236 Å². The Kier molecular flexibility index (Phi) is 16.9. The van der Waals surface area contributed by atoms with Crippen molar-refractivity contribution in [2.45, 2.75) is 70.0 Å². The third kappa shape index (κ3) is 15.7. The number of rotatable bonds is 10. The van der Waals surface area contributed by atoms with Crippen LogP contribution in [-0.4, -0.2) is 95.9 Å². The number of nitrogens with two attached hydrogens (primary N) is 2. The van der Waals surface area contributed by atoms with Crippen molar-refractivity contribution >= 4 is 33.8 Å². The number of primary amides is 2. The number of urea groups is 2. The predicted octanol–water partition coefficient (Wildman–Crippen LogP) is 1.88. The lowest BCUT2D eigenvalue weighted by Gasteiger charge is -2.38. The minimum atomic E-state index is -3.37. The van der Waals surface area contributed by atoms with E-state index < -0.39 is 33.8 Å². The summed E-state index contributed by atoms with van der Waals surface area (Å²) in [5.74, 6) is -2.64. The normalized spacial score (nSPS) is 17.1. The van der Waals surface area contributed by atoms with Crippen molar-refractivity contribution in [1.29, 1.82) is 0 Å². The van der Waals surface area contributed by atoms with Crippen LogP contribution in [0.5, 0.6) is 0 Å². The third-order valence-corrected chi connectivity index (χ3v) is 7.73. The molecule has 0 bridgehead atoms. The number of nitrogens with one attached hydrogen (secondary N) is 1. The summed E-state index contributed by atoms with van der Waals surface area (Å²) in [4.78, 5) is 44.8. The summed E-state index contributed by atoms with van der Waals surface area (Å²) in [6.45, 7) is 9.75. The number of aliphatic carboxylic acids is 2. The van der Waals surface area contributed by atoms with Crippen LogP contribution in [0.25, 0.3) is 0 Å². The van der Waals surface area contributed by atoms with Crippen LogP contribution in [-0.2, 0) is 19.4 Å². The van der Waals surface area contributed by atoms with E-state index in [1.165, 1.54) is 24.2 Å². The highest BCUT2D eigenvalue weighted by atomic mass is 32.2. The number of piperidine rings is 1. The molecule has 1 fully saturated rings. The van der Waals surface area contributed by atoms with Gasteiger partial charge < -0.3 is 31.9 Å². The van der Waals surface area contributed by atoms with Gasteiger partial charge in [-0.05, 0) is 52.7 Å². The summed E-state index contributed by atoms with van der Waals surface area (Å²) < 4.78 is 24.0. The molecule has 2 atom stereocenters. The second-order valence-corrected chi connectivity index (χ2v) is 11.5. The number of hydrogen-bond donors (Lipinski definition) is 5. The standard InChI is InChI=1S/C12H18N2O3S.C10H21N3O.C4H4O4/c1-10(2)14(12(13)15)8-9-18(16,17)11-6-4-3-5-7-11;1-8-4-3-5-9(2)13(8)7-6-12-10(11)14;5-3(6)1-2-4(7)8/h3-7,10H,8-9H2,1-2H3,(H2,13,15);8-9H,3-7H2,1-2H3,(H3,11,12,14);1-2H,(H,5,6)(H,7,8)/b;;2-1-. The highest BCUT2D eigenvalue weighted by molar-refractivity contribution is 7.91. The van der Waals surface area contributed by atoms with E-state index in [1.54, 1.807) is 44.2 Å². The third-order valence-electron chi connectivity index (χ3n) is 6.02. The first-order chi connectivity index (χ1) is 18.6. The number of hydrogen-bond acceptors (Lipinski definition) is 7. The average molecular weight is 586 g/mol. The molecular weight excluding hydrogens is 542 g/mol. The maximum atomic E-state index is 12.0. The smallest absolute Gasteiger partial charge is 0.328 e. The van der Waals surface area contributed by atoms with Crippen LogP contribution in [0.15, 0.2) is 47.4 Å². The van der Waals surface area contributed by atoms with E-state index in [4.69, 9.17) is 21.7 Å². The van der Waals surface area contributed by atoms with Crippen LogP contribution >= 0.6 is 0 Å². The van der Waals surface area contributed by atoms with E-state index >= 15 is 0 Å². The molecule has 14 heteroatoms. The van der Waals surface area contributed by atoms with E-state index in [0.717, 1.165) is 6.54 Å². The summed E-state index contributed by atoms with van der Waals surface area (Å²) in [5, 5.41) is 18.3. The minimum absolute atomic E-state index is 0.101. The summed E-state index contributed by atoms with van der Waals surface area (Å²) in [6.07, 6.45) is 4.97. The first-order valence-corrected chi connectivity index (χ1v) is 14.5. The van der Waals surface area contributed by atoms with Crippen LogP contribution in [0.4, 0.5) is 9.59 Å². The number of likely N-dealkylation sites (tertiary alicyclic amines) is 1. The summed E-state index contributed by atoms with van der Waals surface area (Å²) >= 11 is 0. The van der Waals surface area contributed by atoms with Crippen LogP contribution < -0.4 is 16.8 Å². The van der Waals surface area contributed by atoms with Gasteiger partial charge in [0.2, 0.25) is 0 Å². The van der Waals surface area contributed by atoms with E-state index in [0.29, 0.717) is 30.8 Å². The number of sulfone groups is 1. The molecule has 1 aromatic rings. The monoisotopic (exact) mass is 585 g/mol. The number of carboxylic acids is 2. The molecular formula is C26H43N5O8S. The van der Waals surface area contributed by atoms with Gasteiger partial charge >= 0.3 is 24.0 Å². The molecule has 1 aliphatic rings. The maximum Gasteiger partial charge on any atom is 0.328 e. The predicted molar refractivity (Wildman–Crippen MR) is 151 cm³/mol. The lowest BCUT2D eigenvalue weighted by Crippen LogP contribution is -2.47. The Morgan fingerprint density at radius 2 is 1.52 bits per heavy atom. The van der Waals surface area contributed by atoms with Crippen LogP contribution in [0.1, 0.15) is 47.0 Å². The molecule has 2 rings (SSSR count). The second-order valence-electron chi connectivity index (χ2n) is 9.42. The lowest BCUT2D eigenvalue weighted by molar-refractivity contribution is -0.134. The maximum absolute atomic E-state index is 12.0. The highest BCUT2D eigenvalue weighted by Gasteiger charge is 2.24. The molecule has 1 aromatic carbocycles. The van der Waals surface area contributed by atoms with Gasteiger partial charge in [-0.2, -0.15) is 0 Å². The molecule has 2 unspecified atom stereocenters. The zero-order chi connectivity index (χ0) is 30.9. The molecule has 1 heterocycles. The molecule has 13 nitrogen and oxygen atoms in total. The van der Waals surface area contributed by atoms with Crippen molar-refractivity contribution < 1.29 is 37.8 Å². The van der Waals surface area contributed by atoms with Crippen molar-refractivity contribution in [3.63, 3.8) is 0 Å². The Balaban J connectivity index is 0.000000614. The van der Waals surface area contributed by atoms with Crippen molar-refractivity contribution in [1.82, 2.24) is 15.1 Å². The fraction of sp³-hybridized carbons (Fsp3) is 0.538. The second kappa shape index (κ2) is 18.6. The summed E-state index contributed by atoms with van der Waals surface area (Å²) in [7, 11) is -3.37. The minimum Gasteiger partial charge on any atom is -0.478 e. The van der Waals surface area contributed by atoms with Gasteiger partial charge in [-0.25, -0.2) is 27.6 Å². The van der Waals surface area contributed by atoms with Crippen LogP contribution in [0, 0.1) is 0 Å². The van der Waals surface area contributed by atoms with Crippen molar-refractivity contribution in [2.24, 2.45) is 11.5 Å². The van der Waals surface area contributed by atoms with Gasteiger partial charge in [0.25, 0.3) is 0 Å². The van der Waals surface area contributed by atoms with Gasteiger partial charge in [-0.15, -0.1) is 0 Å². The fourth-order valence-electron chi connectivity index (χ4n) is 3.95. The molecule has 1 saturated heterocycles. The number of amides is 4. The quantitative estimate of drug-likeness (QED) is 0.253. The Morgan fingerprint density at radius 3 is 1.93 bits per heavy atom. The van der Waals surface area contributed by atoms with E-state index in [1.807, 2.05) is 0 Å². The van der Waals surface area contributed by atoms with Crippen molar-refractivity contribution in [2.75, 3.05) is 25.4 Å². The Morgan fingerprint density at radius 1 is 1.02 bits per heavy atom. The Hall–Kier alpha value is -3.65. The summed E-state index contributed by atoms with van der Waals surface area (Å²) in [5.41, 5.74) is 10.2. The number of benzene rings is 1. The first kappa shape index (κ1) is 36.4. The molecule has 40 heavy (non-hydrogen) atoms. The SMILES string of the molecule is CC(C)N(CCS(=O)(=O)c1ccccc1)C(N)=O.CC1CCCC(C)N1CCNC(N)=O.O=C(O)/C=C\C(=O)O. The number of carbonyl (C=O) groups is 4. The topological polar surface area (TPSA) is 213 Å². The van der Waals surface area contributed by atoms with Crippen molar-refractivity contribution in [3.05, 3.63) is 42.5 Å². The Bertz CT molecular complexity index is 1050. The highest BCUT2D eigenvalue weighted by Crippen LogP contribution is 2.21. The van der Waals surface area contributed by atoms with Gasteiger partial charge in [0, 0.05) is 49.9 Å². The number of nitrogens with zero attached hydrogens (tertiary/aromatic N) is 2. The molecule has 7 N–H and O–H groups in total. The molecule has 4 amide bonds. The van der Waals surface area contributed by atoms with Gasteiger partial charge in [0.05, 0.1) is 10.6 Å². The number of carboxylic acid groups (broad SMARTS) is 2. The first-order valence-electron chi connectivity index (χ1n) is 12.8. The van der Waals surface area contributed by atoms with Crippen LogP contribution in [0.2, 0.25) is 0 Å². The van der Waals surface area contributed by atoms with Gasteiger partial charge in [-0.1, -0.05) is 24.6 Å². The van der Waals surface area contributed by atoms with E-state index in [-0.39, 0.29) is 23.2 Å². The van der Waals surface area contributed by atoms with Gasteiger partial charge in [-0.3, -0.25) is 4.90 Å². The lowest BCUT2D eigenvalue weighted by atomic mass is 9.98. The molecule has 0 aromatic heterocycles. The van der Waals surface area contributed by atoms with E-state index in [9.17, 15) is 27.6 Å². The number of carbonyl (C=O) groups excluding carboxylic acids is 2. The van der Waals surface area contributed by atoms with E-state index in [2.05, 4.69) is 24.1 Å². The van der Waals surface area contributed by atoms with Gasteiger partial charge in [0.1, 0.15) is 0 Å². The molecule has 0 saturated carbocycles. The van der Waals surface area contributed by atoms with Gasteiger partial charge in [0.15, 0.2) is 9.84 Å². The zero-order valence-corrected chi connectivity index (χ0v) is 24.3. The van der Waals surface area contributed by atoms with Crippen LogP contribution in [0.3, 0.4) is 0 Å². The largest absolute Gasteiger partial charge is 0.478 e. The molecule has 226 valence electrons. The fourth-order valence-corrected chi connectivity index (χ4v) is 5.20. The average Bonchev–Trinajstić information content (AvgIpc) is 2.85. The zero-order valence-electron chi connectivity index (χ0n) is 23.5. The molecule has 0 aliphatic carbocycles. The molecule has 0 radical (unpaired) electrons. The molecule has 0 spiro atoms. The molecule has 1 aliphatic heterocycles. The van der Waals surface area contributed by atoms with Crippen molar-refractivity contribution in [3.8, 4) is 0 Å². The summed E-state index contributed by atoms with van der Waals surface area (Å²) in [6, 6.07) is 8.29.